The number of hydroxylamine groups is 1. The van der Waals surface area contributed by atoms with E-state index in [1.54, 1.807) is 24.3 Å². The molecule has 2 unspecified atom stereocenters. The molecule has 1 fully saturated rings. The van der Waals surface area contributed by atoms with Gasteiger partial charge in [-0.05, 0) is 12.1 Å². The van der Waals surface area contributed by atoms with Gasteiger partial charge in [0, 0.05) is 23.9 Å². The van der Waals surface area contributed by atoms with E-state index < -0.39 is 23.8 Å². The Labute approximate surface area is 169 Å². The molecule has 2 atom stereocenters. The van der Waals surface area contributed by atoms with Crippen LogP contribution in [0.3, 0.4) is 0 Å². The Kier molecular flexibility index (Phi) is 5.67. The van der Waals surface area contributed by atoms with Crippen LogP contribution >= 0.6 is 11.8 Å². The number of aliphatic imine (C=N–C) groups is 1. The molecule has 1 aromatic carbocycles. The third-order valence-corrected chi connectivity index (χ3v) is 5.45. The van der Waals surface area contributed by atoms with Gasteiger partial charge in [0.25, 0.3) is 0 Å². The van der Waals surface area contributed by atoms with Crippen molar-refractivity contribution in [3.63, 3.8) is 0 Å². The molecule has 11 heteroatoms. The topological polar surface area (TPSA) is 106 Å². The lowest BCUT2D eigenvalue weighted by Gasteiger charge is -2.28. The molecule has 2 aliphatic heterocycles. The maximum atomic E-state index is 13.1. The minimum atomic E-state index is -0.951. The molecular weight excluding hydrogens is 401 g/mol. The van der Waals surface area contributed by atoms with Gasteiger partial charge in [0.15, 0.2) is 5.17 Å². The lowest BCUT2D eigenvalue weighted by Crippen LogP contribution is -2.43. The molecule has 4 rings (SSSR count). The number of thioether (sulfide) groups is 1. The fourth-order valence-electron chi connectivity index (χ4n) is 2.87. The molecule has 1 N–H and O–H groups in total. The molecule has 9 nitrogen and oxygen atoms in total. The van der Waals surface area contributed by atoms with Crippen molar-refractivity contribution in [3.05, 3.63) is 54.4 Å². The third kappa shape index (κ3) is 4.35. The number of nitrogens with one attached hydrogen (secondary N) is 1. The van der Waals surface area contributed by atoms with Crippen molar-refractivity contribution in [3.8, 4) is 0 Å². The quantitative estimate of drug-likeness (QED) is 0.589. The highest BCUT2D eigenvalue weighted by atomic mass is 32.2. The van der Waals surface area contributed by atoms with Gasteiger partial charge in [-0.3, -0.25) is 9.79 Å². The number of para-hydroxylation sites is 1. The fourth-order valence-corrected chi connectivity index (χ4v) is 4.07. The lowest BCUT2D eigenvalue weighted by molar-refractivity contribution is 0.0592. The van der Waals surface area contributed by atoms with E-state index in [9.17, 15) is 14.0 Å². The largest absolute Gasteiger partial charge is 0.444 e. The Morgan fingerprint density at radius 3 is 2.86 bits per heavy atom. The summed E-state index contributed by atoms with van der Waals surface area (Å²) in [4.78, 5) is 42.6. The Hall–Kier alpha value is -3.05. The number of carbonyl (C=O) groups is 2. The molecule has 3 heterocycles. The predicted molar refractivity (Wildman–Crippen MR) is 103 cm³/mol. The highest BCUT2D eigenvalue weighted by molar-refractivity contribution is 8.14. The first-order valence-electron chi connectivity index (χ1n) is 8.75. The van der Waals surface area contributed by atoms with Crippen LogP contribution in [0, 0.1) is 11.9 Å². The second-order valence-electron chi connectivity index (χ2n) is 6.26. The van der Waals surface area contributed by atoms with Crippen molar-refractivity contribution in [1.29, 1.82) is 0 Å². The van der Waals surface area contributed by atoms with Crippen molar-refractivity contribution < 1.29 is 23.6 Å². The van der Waals surface area contributed by atoms with Crippen molar-refractivity contribution in [2.45, 2.75) is 6.04 Å². The van der Waals surface area contributed by atoms with Gasteiger partial charge in [-0.15, -0.1) is 0 Å². The average molecular weight is 417 g/mol. The summed E-state index contributed by atoms with van der Waals surface area (Å²) in [6.45, 7) is 1.15. The van der Waals surface area contributed by atoms with E-state index in [1.165, 1.54) is 16.7 Å². The highest BCUT2D eigenvalue weighted by Crippen LogP contribution is 2.31. The van der Waals surface area contributed by atoms with Gasteiger partial charge in [0.2, 0.25) is 11.8 Å². The van der Waals surface area contributed by atoms with Crippen molar-refractivity contribution >= 4 is 34.6 Å². The first-order chi connectivity index (χ1) is 14.1. The molecule has 1 aromatic heterocycles. The SMILES string of the molecule is O=C(NOC(=O)N(C1=NC2COCC2CS1)c1ccccc1)c1nccc(F)n1. The number of rotatable bonds is 2. The molecule has 29 heavy (non-hydrogen) atoms. The second kappa shape index (κ2) is 8.53. The van der Waals surface area contributed by atoms with Gasteiger partial charge in [-0.2, -0.15) is 14.9 Å². The summed E-state index contributed by atoms with van der Waals surface area (Å²) in [6, 6.07) is 9.76. The maximum absolute atomic E-state index is 13.1. The van der Waals surface area contributed by atoms with Crippen molar-refractivity contribution in [1.82, 2.24) is 15.4 Å². The minimum Gasteiger partial charge on any atom is -0.379 e. The normalized spacial score (nSPS) is 20.4. The Morgan fingerprint density at radius 1 is 1.24 bits per heavy atom. The number of amidine groups is 1. The number of aromatic nitrogens is 2. The summed E-state index contributed by atoms with van der Waals surface area (Å²) in [5.41, 5.74) is 2.48. The number of carbonyl (C=O) groups excluding carboxylic acids is 2. The van der Waals surface area contributed by atoms with Gasteiger partial charge in [-0.25, -0.2) is 14.7 Å². The van der Waals surface area contributed by atoms with E-state index >= 15 is 0 Å². The zero-order valence-electron chi connectivity index (χ0n) is 15.0. The molecule has 0 bridgehead atoms. The standard InChI is InChI=1S/C18H16FN5O4S/c19-14-6-7-20-15(22-14)16(25)23-28-18(26)24(12-4-2-1-3-5-12)17-21-13-9-27-8-11(13)10-29-17/h1-7,11,13H,8-10H2,(H,23,25). The van der Waals surface area contributed by atoms with E-state index in [-0.39, 0.29) is 6.04 Å². The van der Waals surface area contributed by atoms with E-state index in [4.69, 9.17) is 9.57 Å². The number of anilines is 1. The number of benzene rings is 1. The number of nitrogens with zero attached hydrogens (tertiary/aromatic N) is 4. The summed E-state index contributed by atoms with van der Waals surface area (Å²) >= 11 is 1.41. The van der Waals surface area contributed by atoms with Crippen LogP contribution in [0.15, 0.2) is 47.6 Å². The van der Waals surface area contributed by atoms with Crippen LogP contribution in [0.5, 0.6) is 0 Å². The molecule has 150 valence electrons. The molecule has 0 spiro atoms. The minimum absolute atomic E-state index is 0.0273. The number of fused-ring (bicyclic) bond motifs is 1. The van der Waals surface area contributed by atoms with E-state index in [1.807, 2.05) is 11.5 Å². The summed E-state index contributed by atoms with van der Waals surface area (Å²) in [6.07, 6.45) is 0.215. The molecule has 2 amide bonds. The van der Waals surface area contributed by atoms with Crippen molar-refractivity contribution in [2.24, 2.45) is 10.9 Å². The van der Waals surface area contributed by atoms with Crippen LogP contribution < -0.4 is 10.4 Å². The Morgan fingerprint density at radius 2 is 2.07 bits per heavy atom. The first-order valence-corrected chi connectivity index (χ1v) is 9.73. The summed E-state index contributed by atoms with van der Waals surface area (Å²) in [7, 11) is 0. The van der Waals surface area contributed by atoms with Crippen LogP contribution in [0.2, 0.25) is 0 Å². The van der Waals surface area contributed by atoms with Gasteiger partial charge < -0.3 is 9.57 Å². The second-order valence-corrected chi connectivity index (χ2v) is 7.25. The average Bonchev–Trinajstić information content (AvgIpc) is 3.21. The number of ether oxygens (including phenoxy) is 1. The molecule has 0 saturated carbocycles. The number of halogens is 1. The van der Waals surface area contributed by atoms with Gasteiger partial charge >= 0.3 is 12.0 Å². The number of amides is 2. The van der Waals surface area contributed by atoms with Crippen LogP contribution in [-0.2, 0) is 9.57 Å². The fraction of sp³-hybridized carbons (Fsp3) is 0.278. The predicted octanol–water partition coefficient (Wildman–Crippen LogP) is 2.02. The van der Waals surface area contributed by atoms with E-state index in [0.717, 1.165) is 18.0 Å². The van der Waals surface area contributed by atoms with Gasteiger partial charge in [0.1, 0.15) is 0 Å². The molecular formula is C18H16FN5O4S. The summed E-state index contributed by atoms with van der Waals surface area (Å²) in [5.74, 6) is -1.22. The summed E-state index contributed by atoms with van der Waals surface area (Å²) < 4.78 is 18.6. The van der Waals surface area contributed by atoms with Crippen LogP contribution in [0.1, 0.15) is 10.6 Å². The molecule has 0 radical (unpaired) electrons. The zero-order chi connectivity index (χ0) is 20.2. The molecule has 0 aliphatic carbocycles. The zero-order valence-corrected chi connectivity index (χ0v) is 15.8. The third-order valence-electron chi connectivity index (χ3n) is 4.31. The smallest absolute Gasteiger partial charge is 0.379 e. The van der Waals surface area contributed by atoms with Crippen LogP contribution in [0.4, 0.5) is 14.9 Å². The summed E-state index contributed by atoms with van der Waals surface area (Å²) in [5, 5.41) is 0.448. The van der Waals surface area contributed by atoms with E-state index in [2.05, 4.69) is 15.0 Å². The van der Waals surface area contributed by atoms with Gasteiger partial charge in [-0.1, -0.05) is 30.0 Å². The maximum Gasteiger partial charge on any atom is 0.444 e. The van der Waals surface area contributed by atoms with Crippen LogP contribution in [-0.4, -0.2) is 52.1 Å². The Balaban J connectivity index is 1.52. The molecule has 2 aliphatic rings. The Bertz CT molecular complexity index is 945. The number of hydrogen-bond acceptors (Lipinski definition) is 8. The number of hydrogen-bond donors (Lipinski definition) is 1. The highest BCUT2D eigenvalue weighted by Gasteiger charge is 2.36. The van der Waals surface area contributed by atoms with E-state index in [0.29, 0.717) is 30.0 Å². The molecule has 1 saturated heterocycles. The monoisotopic (exact) mass is 417 g/mol. The van der Waals surface area contributed by atoms with Crippen molar-refractivity contribution in [2.75, 3.05) is 23.9 Å². The molecule has 2 aromatic rings. The van der Waals surface area contributed by atoms with Gasteiger partial charge in [0.05, 0.1) is 24.9 Å². The van der Waals surface area contributed by atoms with Crippen LogP contribution in [0.25, 0.3) is 0 Å². The lowest BCUT2D eigenvalue weighted by atomic mass is 10.1. The first kappa shape index (κ1) is 19.3.